The fraction of sp³-hybridized carbons (Fsp3) is 0.439. The molecule has 4 aromatic carbocycles. The smallest absolute Gasteiger partial charge is 0.335 e. The molecule has 0 aliphatic carbocycles. The van der Waals surface area contributed by atoms with Crippen LogP contribution in [0.1, 0.15) is 63.5 Å². The van der Waals surface area contributed by atoms with Gasteiger partial charge in [-0.15, -0.1) is 5.06 Å². The maximum absolute atomic E-state index is 12.9. The molecule has 0 radical (unpaired) electrons. The molecule has 7 rings (SSSR count). The van der Waals surface area contributed by atoms with E-state index >= 15 is 0 Å². The Labute approximate surface area is 521 Å². The third kappa shape index (κ3) is 17.1. The molecule has 2 amide bonds. The molecule has 3 heterocycles. The van der Waals surface area contributed by atoms with Crippen LogP contribution in [0.2, 0.25) is 0 Å². The van der Waals surface area contributed by atoms with Gasteiger partial charge < -0.3 is 42.7 Å². The van der Waals surface area contributed by atoms with Gasteiger partial charge in [0.25, 0.3) is 52.3 Å². The minimum Gasteiger partial charge on any atom is -0.744 e. The second-order valence-electron chi connectivity index (χ2n) is 21.2. The lowest BCUT2D eigenvalue weighted by Gasteiger charge is -2.31. The van der Waals surface area contributed by atoms with Crippen LogP contribution in [0.4, 0.5) is 11.4 Å². The van der Waals surface area contributed by atoms with Gasteiger partial charge in [-0.3, -0.25) is 27.8 Å². The zero-order valence-electron chi connectivity index (χ0n) is 49.3. The van der Waals surface area contributed by atoms with E-state index in [9.17, 15) is 79.2 Å². The number of imide groups is 1. The maximum Gasteiger partial charge on any atom is 0.335 e. The normalized spacial score (nSPS) is 19.0. The Morgan fingerprint density at radius 2 is 1.16 bits per heavy atom. The summed E-state index contributed by atoms with van der Waals surface area (Å²) >= 11 is 0. The number of allylic oxidation sites excluding steroid dienone is 8. The minimum absolute atomic E-state index is 0.00342. The van der Waals surface area contributed by atoms with Crippen LogP contribution in [-0.2, 0) is 109 Å². The number of carbonyl (C=O) groups is 3. The van der Waals surface area contributed by atoms with Crippen molar-refractivity contribution < 1.29 is 117 Å². The van der Waals surface area contributed by atoms with E-state index in [1.807, 2.05) is 0 Å². The molecule has 3 aliphatic rings. The average molecular weight is 1360 g/mol. The molecule has 1 saturated heterocycles. The van der Waals surface area contributed by atoms with Gasteiger partial charge in [0.15, 0.2) is 12.3 Å². The zero-order chi connectivity index (χ0) is 66.0. The molecule has 2 unspecified atom stereocenters. The first-order valence-corrected chi connectivity index (χ1v) is 35.2. The summed E-state index contributed by atoms with van der Waals surface area (Å²) in [5.41, 5.74) is -0.168. The maximum atomic E-state index is 12.9. The third-order valence-electron chi connectivity index (χ3n) is 15.2. The number of fused-ring (bicyclic) bond motifs is 6. The van der Waals surface area contributed by atoms with Crippen molar-refractivity contribution in [3.8, 4) is 0 Å². The molecule has 0 bridgehead atoms. The van der Waals surface area contributed by atoms with E-state index in [0.29, 0.717) is 70.9 Å². The quantitative estimate of drug-likeness (QED) is 0.0161. The number of benzene rings is 4. The third-order valence-corrected chi connectivity index (χ3v) is 19.5. The Bertz CT molecular complexity index is 4150. The lowest BCUT2D eigenvalue weighted by Crippen LogP contribution is -2.33. The zero-order valence-corrected chi connectivity index (χ0v) is 53.4. The number of anilines is 1. The van der Waals surface area contributed by atoms with Gasteiger partial charge in [0.1, 0.15) is 21.6 Å². The van der Waals surface area contributed by atoms with Crippen molar-refractivity contribution in [3.63, 3.8) is 0 Å². The van der Waals surface area contributed by atoms with Gasteiger partial charge in [-0.05, 0) is 97.3 Å². The molecule has 90 heavy (non-hydrogen) atoms. The van der Waals surface area contributed by atoms with Gasteiger partial charge in [-0.2, -0.15) is 38.2 Å². The summed E-state index contributed by atoms with van der Waals surface area (Å²) in [6.07, 6.45) is 10.8. The van der Waals surface area contributed by atoms with E-state index in [1.54, 1.807) is 79.0 Å². The molecule has 0 saturated carbocycles. The van der Waals surface area contributed by atoms with Gasteiger partial charge in [-0.25, -0.2) is 13.2 Å². The number of hydrogen-bond donors (Lipinski definition) is 4. The van der Waals surface area contributed by atoms with E-state index in [-0.39, 0.29) is 119 Å². The summed E-state index contributed by atoms with van der Waals surface area (Å²) in [5, 5.41) is 0.0994. The van der Waals surface area contributed by atoms with Crippen molar-refractivity contribution >= 4 is 107 Å². The molecule has 492 valence electrons. The van der Waals surface area contributed by atoms with Crippen molar-refractivity contribution in [1.29, 1.82) is 0 Å². The monoisotopic (exact) mass is 1360 g/mol. The van der Waals surface area contributed by atoms with Crippen LogP contribution in [0.15, 0.2) is 116 Å². The molecule has 1 fully saturated rings. The van der Waals surface area contributed by atoms with E-state index < -0.39 is 105 Å². The summed E-state index contributed by atoms with van der Waals surface area (Å²) in [5.74, 6) is -2.95. The summed E-state index contributed by atoms with van der Waals surface area (Å²) in [4.78, 5) is 40.0. The van der Waals surface area contributed by atoms with Crippen LogP contribution in [0.5, 0.6) is 0 Å². The van der Waals surface area contributed by atoms with Gasteiger partial charge >= 0.3 is 5.97 Å². The van der Waals surface area contributed by atoms with Crippen molar-refractivity contribution in [2.45, 2.75) is 82.8 Å². The van der Waals surface area contributed by atoms with E-state index in [1.165, 1.54) is 25.3 Å². The Morgan fingerprint density at radius 3 is 1.74 bits per heavy atom. The van der Waals surface area contributed by atoms with Gasteiger partial charge in [-0.1, -0.05) is 36.4 Å². The Balaban J connectivity index is 1.28. The van der Waals surface area contributed by atoms with E-state index in [2.05, 4.69) is 0 Å². The van der Waals surface area contributed by atoms with Crippen LogP contribution in [0.25, 0.3) is 21.5 Å². The molecular formula is C57H69N3O25S5. The average Bonchev–Trinajstić information content (AvgIpc) is 1.53. The topological polar surface area (TPSA) is 400 Å². The highest BCUT2D eigenvalue weighted by molar-refractivity contribution is 7.87. The van der Waals surface area contributed by atoms with Gasteiger partial charge in [0.2, 0.25) is 5.69 Å². The first-order valence-electron chi connectivity index (χ1n) is 27.8. The van der Waals surface area contributed by atoms with Gasteiger partial charge in [0, 0.05) is 80.1 Å². The fourth-order valence-corrected chi connectivity index (χ4v) is 14.3. The predicted molar refractivity (Wildman–Crippen MR) is 322 cm³/mol. The lowest BCUT2D eigenvalue weighted by molar-refractivity contribution is -0.441. The van der Waals surface area contributed by atoms with Crippen LogP contribution in [0, 0.1) is 0 Å². The van der Waals surface area contributed by atoms with Crippen LogP contribution < -0.4 is 4.90 Å². The Hall–Kier alpha value is -6.25. The van der Waals surface area contributed by atoms with Crippen LogP contribution in [0.3, 0.4) is 0 Å². The lowest BCUT2D eigenvalue weighted by atomic mass is 9.74. The highest BCUT2D eigenvalue weighted by Crippen LogP contribution is 2.54. The molecule has 4 aromatic rings. The van der Waals surface area contributed by atoms with Crippen molar-refractivity contribution in [2.75, 3.05) is 104 Å². The Kier molecular flexibility index (Phi) is 23.4. The summed E-state index contributed by atoms with van der Waals surface area (Å²) in [7, 11) is -22.3. The second-order valence-corrected chi connectivity index (χ2v) is 28.4. The summed E-state index contributed by atoms with van der Waals surface area (Å²) in [6.45, 7) is 5.00. The first kappa shape index (κ1) is 71.2. The van der Waals surface area contributed by atoms with Crippen molar-refractivity contribution in [1.82, 2.24) is 5.06 Å². The molecular weight excluding hydrogens is 1290 g/mol. The van der Waals surface area contributed by atoms with E-state index in [4.69, 9.17) is 33.3 Å². The predicted octanol–water partition coefficient (Wildman–Crippen LogP) is 4.74. The minimum atomic E-state index is -5.39. The largest absolute Gasteiger partial charge is 0.744 e. The molecule has 4 N–H and O–H groups in total. The molecule has 0 aromatic heterocycles. The van der Waals surface area contributed by atoms with Crippen molar-refractivity contribution in [2.24, 2.45) is 0 Å². The highest BCUT2D eigenvalue weighted by Gasteiger charge is 2.50. The number of carbonyl (C=O) groups excluding carboxylic acids is 3. The number of rotatable bonds is 34. The Morgan fingerprint density at radius 1 is 0.611 bits per heavy atom. The summed E-state index contributed by atoms with van der Waals surface area (Å²) < 4.78 is 215. The van der Waals surface area contributed by atoms with Crippen LogP contribution >= 0.6 is 0 Å². The molecule has 28 nitrogen and oxygen atoms in total. The molecule has 3 aliphatic heterocycles. The van der Waals surface area contributed by atoms with E-state index in [0.717, 1.165) is 12.1 Å². The number of hydroxylamine groups is 2. The molecule has 33 heteroatoms. The standard InChI is InChI=1S/C57H69N3O25S5/c1-56(20-10-34-86(64,65)66)49(58(22-26-79-3)45-15-13-41-43(54(45)56)35-39(87(67,68)69)37-47(41)89(73,74)75)11-8-6-5-7-9-12-50-57(2,21-25-82-30-31-84-33-32-83-29-28-80-4)55-44-36-40(88(70,71)72)38-48(90(76,77)78)42(44)14-16-46(55)59(50)23-27-81-24-19-53(63)85-60-51(61)17-18-52(60)62/h5-9,11-16,35-38H,10,17-34H2,1-4H3,(H4-,64,65,66,67,68,69,70,71,72,73,74,75,76,77,78). The number of nitrogens with zero attached hydrogens (tertiary/aromatic N) is 3. The van der Waals surface area contributed by atoms with Crippen molar-refractivity contribution in [3.05, 3.63) is 108 Å². The fourth-order valence-electron chi connectivity index (χ4n) is 11.2. The second kappa shape index (κ2) is 29.6. The number of ether oxygens (including phenoxy) is 6. The summed E-state index contributed by atoms with van der Waals surface area (Å²) in [6, 6.07) is 9.06. The molecule has 2 atom stereocenters. The highest BCUT2D eigenvalue weighted by atomic mass is 32.2. The first-order chi connectivity index (χ1) is 42.3. The van der Waals surface area contributed by atoms with Crippen LogP contribution in [-0.4, -0.2) is 197 Å². The molecule has 0 spiro atoms. The number of hydrogen-bond acceptors (Lipinski definition) is 22. The number of amides is 2. The SMILES string of the molecule is COCCOCCOCCOCCC1(C)\C(=C/C=C/C=C/C=C/C2=[N+](CCOC)c3ccc4c(S(=O)(=O)O)cc(S(=O)(=O)O)cc4c3C2(C)CCCS(=O)(=O)O)N(CCOCCC(=O)ON2C(=O)CCC2=O)c2ccc3c(S(=O)(=O)[O-])cc(S(=O)(=O)O)cc3c21. The number of methoxy groups -OCH3 is 2. The van der Waals surface area contributed by atoms with Gasteiger partial charge in [0.05, 0.1) is 85.1 Å².